The van der Waals surface area contributed by atoms with E-state index in [4.69, 9.17) is 17.2 Å². The van der Waals surface area contributed by atoms with Gasteiger partial charge in [0.2, 0.25) is 41.4 Å². The summed E-state index contributed by atoms with van der Waals surface area (Å²) < 4.78 is 0. The van der Waals surface area contributed by atoms with Crippen LogP contribution in [0.25, 0.3) is 0 Å². The van der Waals surface area contributed by atoms with Crippen molar-refractivity contribution in [3.8, 4) is 0 Å². The normalized spacial score (nSPS) is 23.5. The van der Waals surface area contributed by atoms with Gasteiger partial charge in [0.25, 0.3) is 0 Å². The van der Waals surface area contributed by atoms with Gasteiger partial charge in [0.05, 0.1) is 12.1 Å². The highest BCUT2D eigenvalue weighted by Gasteiger charge is 2.46. The molecule has 4 fully saturated rings. The Labute approximate surface area is 373 Å². The number of nitrogens with two attached hydrogens (primary N) is 3. The van der Waals surface area contributed by atoms with E-state index in [1.807, 2.05) is 20.1 Å². The maximum absolute atomic E-state index is 14.4. The van der Waals surface area contributed by atoms with Crippen LogP contribution in [-0.4, -0.2) is 182 Å². The highest BCUT2D eigenvalue weighted by atomic mass is 32.2. The lowest BCUT2D eigenvalue weighted by Gasteiger charge is -2.34. The minimum atomic E-state index is -1.35. The average Bonchev–Trinajstić information content (AvgIpc) is 4.08. The highest BCUT2D eigenvalue weighted by molar-refractivity contribution is 7.98. The summed E-state index contributed by atoms with van der Waals surface area (Å²) in [5.74, 6) is -4.57. The third-order valence-electron chi connectivity index (χ3n) is 12.2. The Bertz CT molecular complexity index is 1700. The van der Waals surface area contributed by atoms with Crippen LogP contribution >= 0.6 is 11.8 Å². The SMILES string of the molecule is CSCCC(N)C(=O)NC(C(=O)N1CCCC1C(=O)NC(CC(C)C)C(=O)N1CCCC1C(=O)NC(CCCN=C(N)N)C(=O)N1CCCC1C(=O)N1CCCC1C(=O)O)C(C)O. The fourth-order valence-electron chi connectivity index (χ4n) is 8.97. The largest absolute Gasteiger partial charge is 0.480 e. The van der Waals surface area contributed by atoms with Crippen LogP contribution in [-0.2, 0) is 38.4 Å². The number of aliphatic hydroxyl groups is 1. The van der Waals surface area contributed by atoms with Gasteiger partial charge in [0.15, 0.2) is 5.96 Å². The zero-order chi connectivity index (χ0) is 46.5. The van der Waals surface area contributed by atoms with Crippen molar-refractivity contribution in [2.45, 2.75) is 152 Å². The molecule has 11 N–H and O–H groups in total. The van der Waals surface area contributed by atoms with Crippen LogP contribution in [0.15, 0.2) is 4.99 Å². The summed E-state index contributed by atoms with van der Waals surface area (Å²) in [6.07, 6.45) is 4.76. The first-order chi connectivity index (χ1) is 29.9. The minimum absolute atomic E-state index is 0.0738. The molecular weight excluding hydrogens is 839 g/mol. The zero-order valence-corrected chi connectivity index (χ0v) is 37.9. The van der Waals surface area contributed by atoms with E-state index < -0.39 is 102 Å². The van der Waals surface area contributed by atoms with Crippen LogP contribution in [0.4, 0.5) is 0 Å². The second-order valence-corrected chi connectivity index (χ2v) is 18.4. The number of likely N-dealkylation sites (tertiary alicyclic amines) is 4. The van der Waals surface area contributed by atoms with E-state index in [9.17, 15) is 48.6 Å². The van der Waals surface area contributed by atoms with E-state index in [0.29, 0.717) is 57.1 Å². The van der Waals surface area contributed by atoms with Gasteiger partial charge in [-0.3, -0.25) is 38.6 Å². The van der Waals surface area contributed by atoms with Gasteiger partial charge < -0.3 is 63.0 Å². The number of aliphatic carboxylic acids is 1. The monoisotopic (exact) mass is 907 g/mol. The van der Waals surface area contributed by atoms with Gasteiger partial charge in [-0.15, -0.1) is 0 Å². The van der Waals surface area contributed by atoms with Gasteiger partial charge in [-0.1, -0.05) is 13.8 Å². The topological polar surface area (TPSA) is 316 Å². The number of rotatable bonds is 21. The molecule has 0 aromatic rings. The lowest BCUT2D eigenvalue weighted by atomic mass is 10.0. The van der Waals surface area contributed by atoms with Crippen molar-refractivity contribution in [2.75, 3.05) is 44.7 Å². The third-order valence-corrected chi connectivity index (χ3v) is 12.9. The van der Waals surface area contributed by atoms with Gasteiger partial charge in [0.1, 0.15) is 42.3 Å². The molecule has 21 nitrogen and oxygen atoms in total. The van der Waals surface area contributed by atoms with E-state index in [-0.39, 0.29) is 70.3 Å². The van der Waals surface area contributed by atoms with Gasteiger partial charge in [-0.25, -0.2) is 4.79 Å². The number of carboxylic acid groups (broad SMARTS) is 1. The van der Waals surface area contributed by atoms with Crippen molar-refractivity contribution in [3.63, 3.8) is 0 Å². The number of nitrogens with zero attached hydrogens (tertiary/aromatic N) is 5. The second-order valence-electron chi connectivity index (χ2n) is 17.4. The molecule has 0 saturated carbocycles. The molecule has 0 aromatic heterocycles. The second kappa shape index (κ2) is 23.8. The maximum atomic E-state index is 14.4. The van der Waals surface area contributed by atoms with Crippen molar-refractivity contribution in [3.05, 3.63) is 0 Å². The first kappa shape index (κ1) is 50.9. The van der Waals surface area contributed by atoms with E-state index in [0.717, 1.165) is 0 Å². The summed E-state index contributed by atoms with van der Waals surface area (Å²) in [5.41, 5.74) is 17.0. The lowest BCUT2D eigenvalue weighted by Crippen LogP contribution is -2.60. The number of thioether (sulfide) groups is 1. The molecule has 4 aliphatic heterocycles. The van der Waals surface area contributed by atoms with Crippen molar-refractivity contribution in [2.24, 2.45) is 28.1 Å². The number of hydrogen-bond donors (Lipinski definition) is 8. The predicted molar refractivity (Wildman–Crippen MR) is 234 cm³/mol. The van der Waals surface area contributed by atoms with E-state index >= 15 is 0 Å². The Balaban J connectivity index is 1.49. The summed E-state index contributed by atoms with van der Waals surface area (Å²) in [6, 6.07) is -8.28. The average molecular weight is 908 g/mol. The van der Waals surface area contributed by atoms with E-state index in [1.165, 1.54) is 38.3 Å². The quantitative estimate of drug-likeness (QED) is 0.0353. The summed E-state index contributed by atoms with van der Waals surface area (Å²) in [4.78, 5) is 119. The maximum Gasteiger partial charge on any atom is 0.326 e. The van der Waals surface area contributed by atoms with Gasteiger partial charge >= 0.3 is 5.97 Å². The number of amides is 7. The van der Waals surface area contributed by atoms with Crippen LogP contribution in [0, 0.1) is 5.92 Å². The molecular formula is C41H69N11O10S. The number of nitrogens with one attached hydrogen (secondary N) is 3. The summed E-state index contributed by atoms with van der Waals surface area (Å²) in [5, 5.41) is 28.5. The Morgan fingerprint density at radius 3 is 1.71 bits per heavy atom. The summed E-state index contributed by atoms with van der Waals surface area (Å²) in [6.45, 7) is 6.18. The summed E-state index contributed by atoms with van der Waals surface area (Å²) in [7, 11) is 0. The first-order valence-corrected chi connectivity index (χ1v) is 23.6. The third kappa shape index (κ3) is 13.4. The highest BCUT2D eigenvalue weighted by Crippen LogP contribution is 2.27. The predicted octanol–water partition coefficient (Wildman–Crippen LogP) is -1.95. The van der Waals surface area contributed by atoms with Crippen LogP contribution < -0.4 is 33.2 Å². The van der Waals surface area contributed by atoms with Crippen LogP contribution in [0.5, 0.6) is 0 Å². The molecule has 9 unspecified atom stereocenters. The molecule has 354 valence electrons. The van der Waals surface area contributed by atoms with Crippen LogP contribution in [0.2, 0.25) is 0 Å². The molecule has 4 heterocycles. The van der Waals surface area contributed by atoms with Gasteiger partial charge in [-0.05, 0) is 102 Å². The fraction of sp³-hybridized carbons (Fsp3) is 0.780. The molecule has 22 heteroatoms. The molecule has 0 aromatic carbocycles. The number of aliphatic hydroxyl groups excluding tert-OH is 1. The molecule has 0 bridgehead atoms. The van der Waals surface area contributed by atoms with Crippen molar-refractivity contribution in [1.29, 1.82) is 0 Å². The Morgan fingerprint density at radius 1 is 0.698 bits per heavy atom. The van der Waals surface area contributed by atoms with E-state index in [1.54, 1.807) is 0 Å². The van der Waals surface area contributed by atoms with Crippen molar-refractivity contribution in [1.82, 2.24) is 35.6 Å². The molecule has 0 aliphatic carbocycles. The molecule has 63 heavy (non-hydrogen) atoms. The molecule has 0 spiro atoms. The molecule has 4 saturated heterocycles. The van der Waals surface area contributed by atoms with Crippen LogP contribution in [0.1, 0.15) is 97.8 Å². The number of aliphatic imine (C=N–C) groups is 1. The van der Waals surface area contributed by atoms with Gasteiger partial charge in [0, 0.05) is 32.7 Å². The first-order valence-electron chi connectivity index (χ1n) is 22.2. The summed E-state index contributed by atoms with van der Waals surface area (Å²) >= 11 is 1.52. The van der Waals surface area contributed by atoms with Gasteiger partial charge in [-0.2, -0.15) is 11.8 Å². The number of hydrogen-bond acceptors (Lipinski definition) is 12. The molecule has 9 atom stereocenters. The van der Waals surface area contributed by atoms with Crippen LogP contribution in [0.3, 0.4) is 0 Å². The minimum Gasteiger partial charge on any atom is -0.480 e. The number of carbonyl (C=O) groups is 8. The lowest BCUT2D eigenvalue weighted by molar-refractivity contribution is -0.152. The number of guanidine groups is 1. The molecule has 7 amide bonds. The Hall–Kier alpha value is -4.70. The molecule has 4 rings (SSSR count). The number of carboxylic acids is 1. The van der Waals surface area contributed by atoms with E-state index in [2.05, 4.69) is 20.9 Å². The standard InChI is InChI=1S/C41H69N11O10S/c1-23(2)22-27(47-35(56)29-12-7-18-50(29)39(60)32(24(3)53)48-33(54)25(42)15-21-63-4)37(58)49-17-6-11-28(49)34(55)46-26(10-5-16-45-41(43)44)36(57)51-19-8-13-30(51)38(59)52-20-9-14-31(52)40(61)62/h23-32,53H,5-22,42H2,1-4H3,(H,46,55)(H,47,56)(H,48,54)(H,61,62)(H4,43,44,45). The molecule has 0 radical (unpaired) electrons. The number of carbonyl (C=O) groups excluding carboxylic acids is 7. The van der Waals surface area contributed by atoms with Crippen molar-refractivity contribution < 1.29 is 48.6 Å². The molecule has 4 aliphatic rings. The Morgan fingerprint density at radius 2 is 1.19 bits per heavy atom. The van der Waals surface area contributed by atoms with Crippen molar-refractivity contribution >= 4 is 65.0 Å². The Kier molecular flexibility index (Phi) is 19.3. The smallest absolute Gasteiger partial charge is 0.326 e. The fourth-order valence-corrected chi connectivity index (χ4v) is 9.46. The zero-order valence-electron chi connectivity index (χ0n) is 37.0.